The summed E-state index contributed by atoms with van der Waals surface area (Å²) in [5.41, 5.74) is 0. The van der Waals surface area contributed by atoms with Gasteiger partial charge in [0.25, 0.3) is 0 Å². The zero-order valence-corrected chi connectivity index (χ0v) is 35.3. The normalized spacial score (nSPS) is 4.50. The second-order valence-corrected chi connectivity index (χ2v) is 2.03. The van der Waals surface area contributed by atoms with Crippen molar-refractivity contribution in [1.29, 1.82) is 0 Å². The average molecular weight is 1950 g/mol. The van der Waals surface area contributed by atoms with E-state index in [0.29, 0.717) is 0 Å². The van der Waals surface area contributed by atoms with Crippen LogP contribution in [-0.2, 0) is 0 Å². The van der Waals surface area contributed by atoms with Crippen molar-refractivity contribution < 1.29 is 598 Å². The van der Waals surface area contributed by atoms with Crippen molar-refractivity contribution >= 4 is 0 Å². The molecule has 0 aliphatic carbocycles. The summed E-state index contributed by atoms with van der Waals surface area (Å²) < 4.78 is 149. The van der Waals surface area contributed by atoms with Crippen LogP contribution < -0.4 is 0 Å². The average Bonchev–Trinajstić information content (AvgIpc) is 2.48. The number of hydrogen-bond acceptors (Lipinski definition) is 0. The molecule has 0 aliphatic heterocycles. The van der Waals surface area contributed by atoms with Crippen molar-refractivity contribution in [3.8, 4) is 0 Å². The first-order valence-electron chi connectivity index (χ1n) is 1.89. The summed E-state index contributed by atoms with van der Waals surface area (Å²) in [6.45, 7) is 0. The molecule has 0 radical (unpaired) electrons. The Bertz CT molecular complexity index is 55.4. The van der Waals surface area contributed by atoms with Gasteiger partial charge in [0.05, 0.1) is 0 Å². The Morgan fingerprint density at radius 2 is 0.250 bits per heavy atom. The monoisotopic (exact) mass is 1960 g/mol. The van der Waals surface area contributed by atoms with E-state index >= 15 is 0 Å². The smallest absolute Gasteiger partial charge is 0 e. The molecular weight excluding hydrogens is 1940 g/mol. The van der Waals surface area contributed by atoms with Crippen LogP contribution in [0.4, 0.5) is 28.7 Å². The molecule has 30 heteroatoms. The van der Waals surface area contributed by atoms with Crippen molar-refractivity contribution in [1.82, 2.24) is 0 Å². The fourth-order valence-corrected chi connectivity index (χ4v) is 0. The Kier molecular flexibility index (Phi) is 725. The van der Waals surface area contributed by atoms with Crippen molar-refractivity contribution in [2.45, 2.75) is 14.9 Å². The fraction of sp³-hybridized carbons (Fsp3) is 1.00. The maximum atomic E-state index is 9.72. The van der Waals surface area contributed by atoms with Gasteiger partial charge in [-0.1, -0.05) is 14.9 Å². The molecule has 0 atom stereocenters. The summed E-state index contributed by atoms with van der Waals surface area (Å²) in [7, 11) is 0. The van der Waals surface area contributed by atoms with E-state index in [1.807, 2.05) is 0 Å². The molecule has 0 unspecified atom stereocenters. The molecule has 0 saturated carbocycles. The Hall–Kier alpha value is 17.6. The molecule has 0 fully saturated rings. The molecule has 0 spiro atoms. The Labute approximate surface area is 587 Å². The fourth-order valence-electron chi connectivity index (χ4n) is 0. The van der Waals surface area contributed by atoms with Gasteiger partial charge in [-0.25, -0.2) is 0 Å². The van der Waals surface area contributed by atoms with Crippen LogP contribution in [0.3, 0.4) is 0 Å². The van der Waals surface area contributed by atoms with Crippen LogP contribution in [0.2, 0.25) is 0 Å². The van der Waals surface area contributed by atoms with Crippen molar-refractivity contribution in [2.24, 2.45) is 0 Å². The Morgan fingerprint density at radius 1 is 0.250 bits per heavy atom. The van der Waals surface area contributed by atoms with Gasteiger partial charge in [0.1, 0.15) is 0 Å². The summed E-state index contributed by atoms with van der Waals surface area (Å²) >= 11 is -13.7. The van der Waals surface area contributed by atoms with Crippen LogP contribution >= 0.6 is 0 Å². The second kappa shape index (κ2) is 198. The van der Waals surface area contributed by atoms with Crippen LogP contribution in [-0.4, -0.2) is 0 Å². The van der Waals surface area contributed by atoms with Crippen LogP contribution in [0, 0.1) is 569 Å². The van der Waals surface area contributed by atoms with E-state index in [1.165, 1.54) is 0 Å². The van der Waals surface area contributed by atoms with Gasteiger partial charge >= 0.3 is 277 Å². The third kappa shape index (κ3) is 334. The number of halogens is 18. The SMILES string of the molecule is C.C.F.F.FF.FF.F[Xe]F.F[Xe]F.F[Xe]F.F[Xe]F.F[Xe]F.F[Xe]F.[Xe].[Xe].[Xe].[Xe].[Xe].[Xe]. The van der Waals surface area contributed by atoms with Gasteiger partial charge in [0, 0.05) is 312 Å². The van der Waals surface area contributed by atoms with Gasteiger partial charge in [0.15, 0.2) is 0 Å². The third-order valence-corrected chi connectivity index (χ3v) is 0. The zero-order chi connectivity index (χ0) is 20.2. The Balaban J connectivity index is -0.00000000420. The largest absolute Gasteiger partial charge is 0 e. The topological polar surface area (TPSA) is 0 Å². The molecule has 0 saturated heterocycles. The predicted octanol–water partition coefficient (Wildman–Crippen LogP) is 8.30. The zero-order valence-electron chi connectivity index (χ0n) is 11.1. The molecule has 0 aliphatic rings. The van der Waals surface area contributed by atoms with Crippen molar-refractivity contribution in [3.63, 3.8) is 0 Å². The summed E-state index contributed by atoms with van der Waals surface area (Å²) in [5.74, 6) is 0. The molecule has 32 heavy (non-hydrogen) atoms. The molecule has 0 nitrogen and oxygen atoms in total. The van der Waals surface area contributed by atoms with E-state index in [2.05, 4.69) is 0 Å². The van der Waals surface area contributed by atoms with Gasteiger partial charge in [0.2, 0.25) is 0 Å². The summed E-state index contributed by atoms with van der Waals surface area (Å²) in [4.78, 5) is 0. The maximum absolute atomic E-state index is 9.72. The molecule has 0 amide bonds. The van der Waals surface area contributed by atoms with Gasteiger partial charge in [-0.15, -0.1) is 0 Å². The molecule has 0 aromatic rings. The first-order valence-corrected chi connectivity index (χ1v) is 11.0. The van der Waals surface area contributed by atoms with Gasteiger partial charge in [-0.2, -0.15) is 0 Å². The second-order valence-electron chi connectivity index (χ2n) is 0.303. The van der Waals surface area contributed by atoms with E-state index in [4.69, 9.17) is 18.3 Å². The van der Waals surface area contributed by atoms with E-state index in [0.717, 1.165) is 0 Å². The summed E-state index contributed by atoms with van der Waals surface area (Å²) in [6.07, 6.45) is 0. The Morgan fingerprint density at radius 3 is 0.250 bits per heavy atom. The number of hydrogen-bond donors (Lipinski definition) is 0. The van der Waals surface area contributed by atoms with E-state index in [-0.39, 0.29) is 318 Å². The van der Waals surface area contributed by atoms with Crippen LogP contribution in [0.25, 0.3) is 0 Å². The van der Waals surface area contributed by atoms with E-state index in [9.17, 15) is 1.00 Å². The maximum Gasteiger partial charge on any atom is 0 e. The minimum atomic E-state index is -2.29. The first kappa shape index (κ1) is 117. The first-order chi connectivity index (χ1) is 10.5. The molecule has 240 valence electrons. The molecule has 0 aromatic heterocycles. The van der Waals surface area contributed by atoms with Crippen molar-refractivity contribution in [2.75, 3.05) is 0 Å². The molecule has 0 bridgehead atoms. The number of rotatable bonds is 0. The van der Waals surface area contributed by atoms with Crippen LogP contribution in [0.5, 0.6) is 0 Å². The molecule has 0 rings (SSSR count). The van der Waals surface area contributed by atoms with Crippen LogP contribution in [0.15, 0.2) is 0 Å². The molecule has 0 aromatic carbocycles. The molecular formula is C2H10F18Xe12. The van der Waals surface area contributed by atoms with E-state index < -0.39 is 276 Å². The summed E-state index contributed by atoms with van der Waals surface area (Å²) in [6, 6.07) is 0. The predicted molar refractivity (Wildman–Crippen MR) is 36.2 cm³/mol. The minimum Gasteiger partial charge on any atom is 0 e. The van der Waals surface area contributed by atoms with Gasteiger partial charge in [-0.3, -0.25) is 9.41 Å². The quantitative estimate of drug-likeness (QED) is 0.215. The summed E-state index contributed by atoms with van der Waals surface area (Å²) in [5, 5.41) is 0. The van der Waals surface area contributed by atoms with Gasteiger partial charge < -0.3 is 0 Å². The molecule has 0 N–H and O–H groups in total. The molecule has 0 heterocycles. The standard InChI is InChI=1S/2CH4.6F2Xe.2F2.2FH.6Xe/c;;6*1-3-2;2*1-2;;;;;;;;/h2*1H4;;;;;;;;;2*1H;;;;;;. The van der Waals surface area contributed by atoms with Crippen molar-refractivity contribution in [3.05, 3.63) is 0 Å². The third-order valence-electron chi connectivity index (χ3n) is 0. The minimum absolute atomic E-state index is 0. The van der Waals surface area contributed by atoms with Gasteiger partial charge in [-0.05, 0) is 0 Å². The van der Waals surface area contributed by atoms with E-state index in [1.54, 1.807) is 0 Å². The van der Waals surface area contributed by atoms with Crippen LogP contribution in [0.1, 0.15) is 14.9 Å².